The van der Waals surface area contributed by atoms with Crippen LogP contribution in [-0.2, 0) is 9.59 Å². The Balaban J connectivity index is 1.23. The molecule has 0 N–H and O–H groups in total. The van der Waals surface area contributed by atoms with Gasteiger partial charge < -0.3 is 9.80 Å². The molecule has 2 saturated carbocycles. The molecule has 5 heteroatoms. The van der Waals surface area contributed by atoms with E-state index in [2.05, 4.69) is 50.0 Å². The van der Waals surface area contributed by atoms with Crippen molar-refractivity contribution in [2.45, 2.75) is 56.5 Å². The number of carbonyl (C=O) groups excluding carboxylic acids is 2. The molecule has 0 bridgehead atoms. The standard InChI is InChI=1S/C21H25BrN2O2/c22-15-4-1-13(2-5-15)17-11-18(17)21(26)23-10-9-19-14(12-23)3-8-20(25)24(19)16-6-7-16/h1-2,4-5,14,16-19H,3,6-12H2/t14-,17-,18-,19+/m1/s1. The second kappa shape index (κ2) is 6.36. The van der Waals surface area contributed by atoms with Gasteiger partial charge in [0.25, 0.3) is 0 Å². The van der Waals surface area contributed by atoms with Gasteiger partial charge in [0.05, 0.1) is 0 Å². The van der Waals surface area contributed by atoms with E-state index >= 15 is 0 Å². The molecule has 5 rings (SSSR count). The van der Waals surface area contributed by atoms with E-state index in [1.165, 1.54) is 18.4 Å². The Labute approximate surface area is 163 Å². The van der Waals surface area contributed by atoms with Crippen molar-refractivity contribution in [3.8, 4) is 0 Å². The highest BCUT2D eigenvalue weighted by Crippen LogP contribution is 2.49. The van der Waals surface area contributed by atoms with Crippen molar-refractivity contribution < 1.29 is 9.59 Å². The second-order valence-electron chi connectivity index (χ2n) is 8.47. The summed E-state index contributed by atoms with van der Waals surface area (Å²) in [7, 11) is 0. The minimum Gasteiger partial charge on any atom is -0.342 e. The van der Waals surface area contributed by atoms with E-state index in [1.54, 1.807) is 0 Å². The lowest BCUT2D eigenvalue weighted by Gasteiger charge is -2.47. The lowest BCUT2D eigenvalue weighted by molar-refractivity contribution is -0.145. The Morgan fingerprint density at radius 1 is 1.08 bits per heavy atom. The third-order valence-corrected chi connectivity index (χ3v) is 7.25. The molecule has 2 aliphatic carbocycles. The highest BCUT2D eigenvalue weighted by Gasteiger charge is 2.49. The van der Waals surface area contributed by atoms with Crippen LogP contribution in [-0.4, -0.2) is 46.8 Å². The van der Waals surface area contributed by atoms with Crippen LogP contribution in [0.25, 0.3) is 0 Å². The van der Waals surface area contributed by atoms with Crippen molar-refractivity contribution in [1.82, 2.24) is 9.80 Å². The van der Waals surface area contributed by atoms with Crippen molar-refractivity contribution in [3.63, 3.8) is 0 Å². The van der Waals surface area contributed by atoms with Gasteiger partial charge >= 0.3 is 0 Å². The zero-order valence-electron chi connectivity index (χ0n) is 14.9. The van der Waals surface area contributed by atoms with Gasteiger partial charge in [-0.25, -0.2) is 0 Å². The van der Waals surface area contributed by atoms with Gasteiger partial charge in [-0.1, -0.05) is 28.1 Å². The first kappa shape index (κ1) is 16.8. The van der Waals surface area contributed by atoms with E-state index < -0.39 is 0 Å². The molecule has 0 radical (unpaired) electrons. The number of amides is 2. The summed E-state index contributed by atoms with van der Waals surface area (Å²) in [6, 6.07) is 9.28. The maximum Gasteiger partial charge on any atom is 0.226 e. The predicted octanol–water partition coefficient (Wildman–Crippen LogP) is 3.55. The number of halogens is 1. The number of hydrogen-bond donors (Lipinski definition) is 0. The fourth-order valence-electron chi connectivity index (χ4n) is 5.10. The van der Waals surface area contributed by atoms with E-state index in [1.807, 2.05) is 0 Å². The summed E-state index contributed by atoms with van der Waals surface area (Å²) in [5, 5.41) is 0. The lowest BCUT2D eigenvalue weighted by atomic mass is 9.83. The number of piperidine rings is 2. The molecule has 138 valence electrons. The first-order chi connectivity index (χ1) is 12.6. The fourth-order valence-corrected chi connectivity index (χ4v) is 5.37. The van der Waals surface area contributed by atoms with Crippen LogP contribution < -0.4 is 0 Å². The van der Waals surface area contributed by atoms with Gasteiger partial charge in [-0.3, -0.25) is 9.59 Å². The van der Waals surface area contributed by atoms with Gasteiger partial charge in [-0.2, -0.15) is 0 Å². The van der Waals surface area contributed by atoms with Crippen LogP contribution in [0, 0.1) is 11.8 Å². The molecule has 2 aliphatic heterocycles. The van der Waals surface area contributed by atoms with E-state index in [-0.39, 0.29) is 5.92 Å². The summed E-state index contributed by atoms with van der Waals surface area (Å²) >= 11 is 3.47. The lowest BCUT2D eigenvalue weighted by Crippen LogP contribution is -2.57. The molecule has 0 unspecified atom stereocenters. The fraction of sp³-hybridized carbons (Fsp3) is 0.619. The van der Waals surface area contributed by atoms with Gasteiger partial charge in [0, 0.05) is 42.0 Å². The first-order valence-electron chi connectivity index (χ1n) is 9.97. The molecule has 4 nitrogen and oxygen atoms in total. The second-order valence-corrected chi connectivity index (χ2v) is 9.39. The minimum atomic E-state index is 0.164. The molecule has 1 aromatic rings. The molecule has 4 atom stereocenters. The summed E-state index contributed by atoms with van der Waals surface area (Å²) in [4.78, 5) is 29.6. The van der Waals surface area contributed by atoms with Crippen molar-refractivity contribution in [1.29, 1.82) is 0 Å². The highest BCUT2D eigenvalue weighted by atomic mass is 79.9. The molecular weight excluding hydrogens is 392 g/mol. The number of carbonyl (C=O) groups is 2. The third kappa shape index (κ3) is 2.98. The molecule has 1 aromatic carbocycles. The predicted molar refractivity (Wildman–Crippen MR) is 103 cm³/mol. The summed E-state index contributed by atoms with van der Waals surface area (Å²) < 4.78 is 1.08. The monoisotopic (exact) mass is 416 g/mol. The largest absolute Gasteiger partial charge is 0.342 e. The normalized spacial score (nSPS) is 33.8. The smallest absolute Gasteiger partial charge is 0.226 e. The van der Waals surface area contributed by atoms with Gasteiger partial charge in [-0.05, 0) is 61.6 Å². The summed E-state index contributed by atoms with van der Waals surface area (Å²) in [6.07, 6.45) is 5.93. The van der Waals surface area contributed by atoms with Crippen LogP contribution in [0.2, 0.25) is 0 Å². The van der Waals surface area contributed by atoms with Crippen molar-refractivity contribution in [2.75, 3.05) is 13.1 Å². The molecule has 4 aliphatic rings. The van der Waals surface area contributed by atoms with Crippen LogP contribution in [0.15, 0.2) is 28.7 Å². The maximum atomic E-state index is 13.0. The van der Waals surface area contributed by atoms with E-state index in [4.69, 9.17) is 0 Å². The number of hydrogen-bond acceptors (Lipinski definition) is 2. The summed E-state index contributed by atoms with van der Waals surface area (Å²) in [5.74, 6) is 1.73. The quantitative estimate of drug-likeness (QED) is 0.755. The van der Waals surface area contributed by atoms with E-state index in [0.29, 0.717) is 42.2 Å². The molecule has 26 heavy (non-hydrogen) atoms. The number of likely N-dealkylation sites (tertiary alicyclic amines) is 2. The molecule has 2 saturated heterocycles. The minimum absolute atomic E-state index is 0.164. The maximum absolute atomic E-state index is 13.0. The van der Waals surface area contributed by atoms with Crippen LogP contribution in [0.5, 0.6) is 0 Å². The van der Waals surface area contributed by atoms with Crippen molar-refractivity contribution in [3.05, 3.63) is 34.3 Å². The van der Waals surface area contributed by atoms with Gasteiger partial charge in [-0.15, -0.1) is 0 Å². The number of nitrogens with zero attached hydrogens (tertiary/aromatic N) is 2. The molecular formula is C21H25BrN2O2. The van der Waals surface area contributed by atoms with E-state index in [0.717, 1.165) is 36.8 Å². The molecule has 0 aromatic heterocycles. The van der Waals surface area contributed by atoms with Crippen LogP contribution in [0.4, 0.5) is 0 Å². The molecule has 0 spiro atoms. The highest BCUT2D eigenvalue weighted by molar-refractivity contribution is 9.10. The Morgan fingerprint density at radius 3 is 2.58 bits per heavy atom. The van der Waals surface area contributed by atoms with Crippen molar-refractivity contribution in [2.24, 2.45) is 11.8 Å². The summed E-state index contributed by atoms with van der Waals surface area (Å²) in [6.45, 7) is 1.67. The zero-order chi connectivity index (χ0) is 17.8. The number of rotatable bonds is 3. The van der Waals surface area contributed by atoms with Gasteiger partial charge in [0.2, 0.25) is 11.8 Å². The molecule has 2 heterocycles. The van der Waals surface area contributed by atoms with Crippen LogP contribution in [0.1, 0.15) is 50.0 Å². The Kier molecular flexibility index (Phi) is 4.11. The zero-order valence-corrected chi connectivity index (χ0v) is 16.5. The van der Waals surface area contributed by atoms with Gasteiger partial charge in [0.1, 0.15) is 0 Å². The van der Waals surface area contributed by atoms with Gasteiger partial charge in [0.15, 0.2) is 0 Å². The number of benzene rings is 1. The summed E-state index contributed by atoms with van der Waals surface area (Å²) in [5.41, 5.74) is 1.28. The third-order valence-electron chi connectivity index (χ3n) is 6.73. The molecule has 2 amide bonds. The average molecular weight is 417 g/mol. The van der Waals surface area contributed by atoms with Crippen LogP contribution in [0.3, 0.4) is 0 Å². The Bertz CT molecular complexity index is 730. The Hall–Kier alpha value is -1.36. The molecule has 4 fully saturated rings. The topological polar surface area (TPSA) is 40.6 Å². The first-order valence-corrected chi connectivity index (χ1v) is 10.8. The SMILES string of the molecule is O=C([C@@H]1C[C@@H]1c1ccc(Br)cc1)N1CC[C@H]2[C@H](CCC(=O)N2C2CC2)C1. The average Bonchev–Trinajstić information content (AvgIpc) is 3.54. The number of fused-ring (bicyclic) bond motifs is 1. The Morgan fingerprint density at radius 2 is 1.85 bits per heavy atom. The van der Waals surface area contributed by atoms with Crippen molar-refractivity contribution >= 4 is 27.7 Å². The van der Waals surface area contributed by atoms with Crippen LogP contribution >= 0.6 is 15.9 Å². The van der Waals surface area contributed by atoms with E-state index in [9.17, 15) is 9.59 Å².